The summed E-state index contributed by atoms with van der Waals surface area (Å²) in [4.78, 5) is 13.5. The summed E-state index contributed by atoms with van der Waals surface area (Å²) in [5, 5.41) is 8.72. The van der Waals surface area contributed by atoms with E-state index in [1.807, 2.05) is 6.07 Å². The standard InChI is InChI=1S/C16H17F3N2O2/c1-11(23-14-6-4-12(9-20)5-7-14)15(22)21-8-2-3-13(10-21)16(17,18)19/h4-7,11,13H,2-3,8,10H2,1H3. The summed E-state index contributed by atoms with van der Waals surface area (Å²) in [5.41, 5.74) is 0.459. The first-order valence-electron chi connectivity index (χ1n) is 7.33. The molecule has 0 radical (unpaired) electrons. The molecule has 1 saturated heterocycles. The summed E-state index contributed by atoms with van der Waals surface area (Å²) >= 11 is 0. The van der Waals surface area contributed by atoms with Gasteiger partial charge in [-0.05, 0) is 44.0 Å². The number of piperidine rings is 1. The van der Waals surface area contributed by atoms with Gasteiger partial charge in [-0.2, -0.15) is 18.4 Å². The molecule has 23 heavy (non-hydrogen) atoms. The normalized spacial score (nSPS) is 19.8. The van der Waals surface area contributed by atoms with Crippen LogP contribution in [-0.2, 0) is 4.79 Å². The van der Waals surface area contributed by atoms with E-state index in [-0.39, 0.29) is 13.0 Å². The zero-order valence-corrected chi connectivity index (χ0v) is 12.6. The highest BCUT2D eigenvalue weighted by Gasteiger charge is 2.43. The highest BCUT2D eigenvalue weighted by Crippen LogP contribution is 2.33. The number of hydrogen-bond acceptors (Lipinski definition) is 3. The van der Waals surface area contributed by atoms with E-state index in [2.05, 4.69) is 0 Å². The molecule has 0 aliphatic carbocycles. The second kappa shape index (κ2) is 6.90. The Labute approximate surface area is 132 Å². The quantitative estimate of drug-likeness (QED) is 0.857. The summed E-state index contributed by atoms with van der Waals surface area (Å²) in [6.45, 7) is 1.51. The van der Waals surface area contributed by atoms with Crippen LogP contribution < -0.4 is 4.74 Å². The minimum absolute atomic E-state index is 0.0537. The smallest absolute Gasteiger partial charge is 0.393 e. The summed E-state index contributed by atoms with van der Waals surface area (Å²) in [5.74, 6) is -1.53. The van der Waals surface area contributed by atoms with Crippen molar-refractivity contribution in [3.8, 4) is 11.8 Å². The van der Waals surface area contributed by atoms with Crippen LogP contribution in [0, 0.1) is 17.2 Å². The van der Waals surface area contributed by atoms with Gasteiger partial charge in [0.15, 0.2) is 6.10 Å². The van der Waals surface area contributed by atoms with Crippen LogP contribution in [0.2, 0.25) is 0 Å². The number of carbonyl (C=O) groups excluding carboxylic acids is 1. The van der Waals surface area contributed by atoms with Crippen molar-refractivity contribution in [3.63, 3.8) is 0 Å². The molecule has 0 aromatic heterocycles. The van der Waals surface area contributed by atoms with E-state index < -0.39 is 24.1 Å². The van der Waals surface area contributed by atoms with Crippen molar-refractivity contribution in [2.75, 3.05) is 13.1 Å². The molecule has 2 rings (SSSR count). The molecule has 4 nitrogen and oxygen atoms in total. The SMILES string of the molecule is CC(Oc1ccc(C#N)cc1)C(=O)N1CCCC(C(F)(F)F)C1. The van der Waals surface area contributed by atoms with Crippen LogP contribution >= 0.6 is 0 Å². The number of benzene rings is 1. The lowest BCUT2D eigenvalue weighted by Crippen LogP contribution is -2.48. The van der Waals surface area contributed by atoms with E-state index in [0.29, 0.717) is 24.3 Å². The molecule has 0 saturated carbocycles. The first-order chi connectivity index (χ1) is 10.8. The number of nitrogens with zero attached hydrogens (tertiary/aromatic N) is 2. The summed E-state index contributed by atoms with van der Waals surface area (Å²) in [6, 6.07) is 8.17. The number of rotatable bonds is 3. The minimum Gasteiger partial charge on any atom is -0.481 e. The lowest BCUT2D eigenvalue weighted by atomic mass is 9.97. The van der Waals surface area contributed by atoms with E-state index in [1.165, 1.54) is 11.8 Å². The average molecular weight is 326 g/mol. The fraction of sp³-hybridized carbons (Fsp3) is 0.500. The summed E-state index contributed by atoms with van der Waals surface area (Å²) in [6.07, 6.45) is -4.77. The lowest BCUT2D eigenvalue weighted by Gasteiger charge is -2.35. The van der Waals surface area contributed by atoms with Crippen LogP contribution in [0.4, 0.5) is 13.2 Å². The molecule has 0 spiro atoms. The maximum atomic E-state index is 12.8. The van der Waals surface area contributed by atoms with E-state index in [4.69, 9.17) is 10.00 Å². The maximum Gasteiger partial charge on any atom is 0.393 e. The average Bonchev–Trinajstić information content (AvgIpc) is 2.54. The third-order valence-electron chi connectivity index (χ3n) is 3.84. The van der Waals surface area contributed by atoms with Crippen molar-refractivity contribution in [1.29, 1.82) is 5.26 Å². The zero-order chi connectivity index (χ0) is 17.0. The molecule has 124 valence electrons. The molecule has 2 unspecified atom stereocenters. The van der Waals surface area contributed by atoms with Gasteiger partial charge in [0.25, 0.3) is 5.91 Å². The van der Waals surface area contributed by atoms with Crippen LogP contribution in [-0.4, -0.2) is 36.2 Å². The van der Waals surface area contributed by atoms with E-state index in [0.717, 1.165) is 0 Å². The van der Waals surface area contributed by atoms with Gasteiger partial charge in [0.1, 0.15) is 5.75 Å². The molecular weight excluding hydrogens is 309 g/mol. The van der Waals surface area contributed by atoms with Crippen LogP contribution in [0.3, 0.4) is 0 Å². The monoisotopic (exact) mass is 326 g/mol. The van der Waals surface area contributed by atoms with Crippen molar-refractivity contribution < 1.29 is 22.7 Å². The maximum absolute atomic E-state index is 12.8. The molecule has 1 aliphatic heterocycles. The lowest BCUT2D eigenvalue weighted by molar-refractivity contribution is -0.189. The molecule has 2 atom stereocenters. The Morgan fingerprint density at radius 1 is 1.39 bits per heavy atom. The Morgan fingerprint density at radius 2 is 2.04 bits per heavy atom. The third kappa shape index (κ3) is 4.38. The van der Waals surface area contributed by atoms with Gasteiger partial charge in [0.2, 0.25) is 0 Å². The molecule has 1 heterocycles. The number of halogens is 3. The topological polar surface area (TPSA) is 53.3 Å². The van der Waals surface area contributed by atoms with Gasteiger partial charge in [0, 0.05) is 13.1 Å². The van der Waals surface area contributed by atoms with Crippen LogP contribution in [0.15, 0.2) is 24.3 Å². The molecule has 1 aromatic carbocycles. The van der Waals surface area contributed by atoms with Crippen molar-refractivity contribution >= 4 is 5.91 Å². The largest absolute Gasteiger partial charge is 0.481 e. The molecule has 1 amide bonds. The number of likely N-dealkylation sites (tertiary alicyclic amines) is 1. The number of hydrogen-bond donors (Lipinski definition) is 0. The van der Waals surface area contributed by atoms with Gasteiger partial charge >= 0.3 is 6.18 Å². The second-order valence-electron chi connectivity index (χ2n) is 5.56. The first kappa shape index (κ1) is 17.1. The van der Waals surface area contributed by atoms with Crippen molar-refractivity contribution in [1.82, 2.24) is 4.90 Å². The minimum atomic E-state index is -4.28. The van der Waals surface area contributed by atoms with Crippen LogP contribution in [0.1, 0.15) is 25.3 Å². The Morgan fingerprint density at radius 3 is 2.61 bits per heavy atom. The van der Waals surface area contributed by atoms with Gasteiger partial charge < -0.3 is 9.64 Å². The van der Waals surface area contributed by atoms with Crippen LogP contribution in [0.5, 0.6) is 5.75 Å². The van der Waals surface area contributed by atoms with E-state index in [1.54, 1.807) is 24.3 Å². The fourth-order valence-electron chi connectivity index (χ4n) is 2.56. The Hall–Kier alpha value is -2.23. The molecule has 7 heteroatoms. The Kier molecular flexibility index (Phi) is 5.14. The third-order valence-corrected chi connectivity index (χ3v) is 3.84. The van der Waals surface area contributed by atoms with Gasteiger partial charge in [0.05, 0.1) is 17.6 Å². The molecular formula is C16H17F3N2O2. The Bertz CT molecular complexity index is 593. The molecule has 0 bridgehead atoms. The van der Waals surface area contributed by atoms with Gasteiger partial charge in [-0.1, -0.05) is 0 Å². The number of carbonyl (C=O) groups is 1. The number of nitriles is 1. The van der Waals surface area contributed by atoms with E-state index >= 15 is 0 Å². The van der Waals surface area contributed by atoms with E-state index in [9.17, 15) is 18.0 Å². The number of amides is 1. The van der Waals surface area contributed by atoms with Crippen molar-refractivity contribution in [2.45, 2.75) is 32.0 Å². The van der Waals surface area contributed by atoms with Gasteiger partial charge in [-0.15, -0.1) is 0 Å². The second-order valence-corrected chi connectivity index (χ2v) is 5.56. The van der Waals surface area contributed by atoms with Gasteiger partial charge in [-0.25, -0.2) is 0 Å². The number of alkyl halides is 3. The van der Waals surface area contributed by atoms with Crippen molar-refractivity contribution in [3.05, 3.63) is 29.8 Å². The highest BCUT2D eigenvalue weighted by atomic mass is 19.4. The number of ether oxygens (including phenoxy) is 1. The van der Waals surface area contributed by atoms with Crippen molar-refractivity contribution in [2.24, 2.45) is 5.92 Å². The fourth-order valence-corrected chi connectivity index (χ4v) is 2.56. The van der Waals surface area contributed by atoms with Crippen LogP contribution in [0.25, 0.3) is 0 Å². The molecule has 1 aromatic rings. The highest BCUT2D eigenvalue weighted by molar-refractivity contribution is 5.81. The summed E-state index contributed by atoms with van der Waals surface area (Å²) < 4.78 is 43.9. The Balaban J connectivity index is 1.97. The molecule has 0 N–H and O–H groups in total. The zero-order valence-electron chi connectivity index (χ0n) is 12.6. The predicted molar refractivity (Wildman–Crippen MR) is 76.6 cm³/mol. The first-order valence-corrected chi connectivity index (χ1v) is 7.33. The molecule has 1 aliphatic rings. The molecule has 1 fully saturated rings. The predicted octanol–water partition coefficient (Wildman–Crippen LogP) is 3.13. The van der Waals surface area contributed by atoms with Gasteiger partial charge in [-0.3, -0.25) is 4.79 Å². The summed E-state index contributed by atoms with van der Waals surface area (Å²) in [7, 11) is 0.